The molecule has 2 N–H and O–H groups in total. The van der Waals surface area contributed by atoms with Crippen molar-refractivity contribution in [3.8, 4) is 0 Å². The second-order valence-corrected chi connectivity index (χ2v) is 7.81. The molecule has 1 aromatic rings. The number of likely N-dealkylation sites (tertiary alicyclic amines) is 1. The summed E-state index contributed by atoms with van der Waals surface area (Å²) in [7, 11) is 1.79. The summed E-state index contributed by atoms with van der Waals surface area (Å²) in [5.41, 5.74) is -0.128. The van der Waals surface area contributed by atoms with E-state index in [0.717, 1.165) is 31.9 Å². The summed E-state index contributed by atoms with van der Waals surface area (Å²) in [5.74, 6) is 2.11. The maximum atomic E-state index is 5.32. The molecule has 7 heteroatoms. The second kappa shape index (κ2) is 9.17. The van der Waals surface area contributed by atoms with Crippen molar-refractivity contribution in [3.63, 3.8) is 0 Å². The number of rotatable bonds is 6. The number of hydrogen-bond donors (Lipinski definition) is 2. The van der Waals surface area contributed by atoms with Crippen LogP contribution in [0.1, 0.15) is 65.1 Å². The normalized spacial score (nSPS) is 17.7. The van der Waals surface area contributed by atoms with Gasteiger partial charge < -0.3 is 20.1 Å². The average molecular weight is 351 g/mol. The van der Waals surface area contributed by atoms with E-state index < -0.39 is 0 Å². The maximum Gasteiger partial charge on any atom is 0.232 e. The fraction of sp³-hybridized carbons (Fsp3) is 0.833. The van der Waals surface area contributed by atoms with Crippen molar-refractivity contribution in [3.05, 3.63) is 11.7 Å². The van der Waals surface area contributed by atoms with E-state index in [0.29, 0.717) is 24.3 Å². The van der Waals surface area contributed by atoms with E-state index in [1.807, 2.05) is 0 Å². The number of nitrogens with zero attached hydrogens (tertiary/aromatic N) is 4. The van der Waals surface area contributed by atoms with E-state index in [2.05, 4.69) is 58.4 Å². The highest BCUT2D eigenvalue weighted by Gasteiger charge is 2.22. The fourth-order valence-electron chi connectivity index (χ4n) is 2.86. The van der Waals surface area contributed by atoms with Crippen LogP contribution in [0.3, 0.4) is 0 Å². The minimum Gasteiger partial charge on any atom is -0.354 e. The molecule has 1 aromatic heterocycles. The second-order valence-electron chi connectivity index (χ2n) is 7.81. The lowest BCUT2D eigenvalue weighted by Crippen LogP contribution is -2.48. The van der Waals surface area contributed by atoms with Gasteiger partial charge in [0.1, 0.15) is 0 Å². The predicted octanol–water partition coefficient (Wildman–Crippen LogP) is 2.30. The van der Waals surface area contributed by atoms with Crippen molar-refractivity contribution in [1.82, 2.24) is 25.7 Å². The van der Waals surface area contributed by atoms with Crippen LogP contribution in [0.25, 0.3) is 0 Å². The van der Waals surface area contributed by atoms with Crippen LogP contribution in [0.4, 0.5) is 0 Å². The van der Waals surface area contributed by atoms with Crippen LogP contribution in [0, 0.1) is 0 Å². The molecule has 1 aliphatic heterocycles. The molecule has 0 unspecified atom stereocenters. The van der Waals surface area contributed by atoms with Crippen molar-refractivity contribution in [2.45, 2.75) is 71.4 Å². The smallest absolute Gasteiger partial charge is 0.232 e. The van der Waals surface area contributed by atoms with Gasteiger partial charge in [-0.3, -0.25) is 4.99 Å². The Bertz CT molecular complexity index is 540. The molecule has 7 nitrogen and oxygen atoms in total. The number of piperidine rings is 1. The third kappa shape index (κ3) is 6.30. The molecule has 1 fully saturated rings. The van der Waals surface area contributed by atoms with Crippen LogP contribution in [0.15, 0.2) is 9.52 Å². The van der Waals surface area contributed by atoms with Gasteiger partial charge in [0.15, 0.2) is 11.8 Å². The number of unbranched alkanes of at least 4 members (excludes halogenated alkanes) is 1. The van der Waals surface area contributed by atoms with Crippen LogP contribution < -0.4 is 10.6 Å². The van der Waals surface area contributed by atoms with Crippen LogP contribution in [-0.4, -0.2) is 53.7 Å². The van der Waals surface area contributed by atoms with Crippen molar-refractivity contribution in [1.29, 1.82) is 0 Å². The predicted molar refractivity (Wildman–Crippen MR) is 101 cm³/mol. The largest absolute Gasteiger partial charge is 0.354 e. The van der Waals surface area contributed by atoms with Gasteiger partial charge in [-0.15, -0.1) is 0 Å². The molecule has 1 aliphatic rings. The van der Waals surface area contributed by atoms with Gasteiger partial charge in [0.05, 0.1) is 6.54 Å². The Balaban J connectivity index is 1.75. The molecule has 0 aliphatic carbocycles. The molecule has 0 spiro atoms. The first-order chi connectivity index (χ1) is 11.9. The highest BCUT2D eigenvalue weighted by molar-refractivity contribution is 5.79. The van der Waals surface area contributed by atoms with Gasteiger partial charge >= 0.3 is 0 Å². The van der Waals surface area contributed by atoms with Crippen LogP contribution >= 0.6 is 0 Å². The van der Waals surface area contributed by atoms with E-state index in [4.69, 9.17) is 4.52 Å². The summed E-state index contributed by atoms with van der Waals surface area (Å²) in [6.07, 6.45) is 4.87. The Labute approximate surface area is 151 Å². The highest BCUT2D eigenvalue weighted by Crippen LogP contribution is 2.19. The monoisotopic (exact) mass is 350 g/mol. The van der Waals surface area contributed by atoms with Gasteiger partial charge in [0.25, 0.3) is 0 Å². The summed E-state index contributed by atoms with van der Waals surface area (Å²) < 4.78 is 5.32. The van der Waals surface area contributed by atoms with Gasteiger partial charge in [-0.05, 0) is 25.8 Å². The van der Waals surface area contributed by atoms with Crippen molar-refractivity contribution in [2.75, 3.05) is 26.7 Å². The lowest BCUT2D eigenvalue weighted by atomic mass is 9.97. The quantitative estimate of drug-likeness (QED) is 0.605. The Morgan fingerprint density at radius 1 is 1.32 bits per heavy atom. The Morgan fingerprint density at radius 2 is 2.04 bits per heavy atom. The molecule has 0 bridgehead atoms. The summed E-state index contributed by atoms with van der Waals surface area (Å²) in [6.45, 7) is 12.5. The average Bonchev–Trinajstić information content (AvgIpc) is 3.07. The van der Waals surface area contributed by atoms with Gasteiger partial charge in [-0.1, -0.05) is 39.3 Å². The van der Waals surface area contributed by atoms with Gasteiger partial charge in [-0.25, -0.2) is 0 Å². The van der Waals surface area contributed by atoms with E-state index in [1.165, 1.54) is 19.4 Å². The SMILES string of the molecule is CCCCN1CCC(NC(=NC)NCc2noc(C(C)(C)C)n2)CC1. The first-order valence-corrected chi connectivity index (χ1v) is 9.45. The molecule has 1 saturated heterocycles. The first kappa shape index (κ1) is 19.7. The zero-order chi connectivity index (χ0) is 18.3. The summed E-state index contributed by atoms with van der Waals surface area (Å²) in [6, 6.07) is 0.472. The van der Waals surface area contributed by atoms with E-state index in [1.54, 1.807) is 7.05 Å². The van der Waals surface area contributed by atoms with Gasteiger partial charge in [-0.2, -0.15) is 4.98 Å². The maximum absolute atomic E-state index is 5.32. The van der Waals surface area contributed by atoms with E-state index in [9.17, 15) is 0 Å². The Kier molecular flexibility index (Phi) is 7.23. The number of nitrogens with one attached hydrogen (secondary N) is 2. The molecular formula is C18H34N6O. The third-order valence-corrected chi connectivity index (χ3v) is 4.50. The minimum atomic E-state index is -0.128. The van der Waals surface area contributed by atoms with Gasteiger partial charge in [0, 0.05) is 31.6 Å². The third-order valence-electron chi connectivity index (χ3n) is 4.50. The van der Waals surface area contributed by atoms with Crippen LogP contribution in [-0.2, 0) is 12.0 Å². The molecule has 0 radical (unpaired) electrons. The molecule has 2 heterocycles. The van der Waals surface area contributed by atoms with E-state index in [-0.39, 0.29) is 5.41 Å². The standard InChI is InChI=1S/C18H34N6O/c1-6-7-10-24-11-8-14(9-12-24)21-17(19-5)20-13-15-22-16(25-23-15)18(2,3)4/h14H,6-13H2,1-5H3,(H2,19,20,21). The summed E-state index contributed by atoms with van der Waals surface area (Å²) in [4.78, 5) is 11.3. The van der Waals surface area contributed by atoms with E-state index >= 15 is 0 Å². The van der Waals surface area contributed by atoms with Gasteiger partial charge in [0.2, 0.25) is 5.89 Å². The molecule has 0 aromatic carbocycles. The molecule has 142 valence electrons. The number of hydrogen-bond acceptors (Lipinski definition) is 5. The number of guanidine groups is 1. The highest BCUT2D eigenvalue weighted by atomic mass is 16.5. The summed E-state index contributed by atoms with van der Waals surface area (Å²) >= 11 is 0. The number of aromatic nitrogens is 2. The summed E-state index contributed by atoms with van der Waals surface area (Å²) in [5, 5.41) is 10.8. The van der Waals surface area contributed by atoms with Crippen molar-refractivity contribution < 1.29 is 4.52 Å². The number of aliphatic imine (C=N–C) groups is 1. The van der Waals surface area contributed by atoms with Crippen molar-refractivity contribution >= 4 is 5.96 Å². The fourth-order valence-corrected chi connectivity index (χ4v) is 2.86. The lowest BCUT2D eigenvalue weighted by molar-refractivity contribution is 0.203. The molecule has 0 amide bonds. The van der Waals surface area contributed by atoms with Crippen LogP contribution in [0.5, 0.6) is 0 Å². The Morgan fingerprint density at radius 3 is 2.60 bits per heavy atom. The topological polar surface area (TPSA) is 78.6 Å². The zero-order valence-corrected chi connectivity index (χ0v) is 16.4. The molecular weight excluding hydrogens is 316 g/mol. The Hall–Kier alpha value is -1.63. The molecule has 2 rings (SSSR count). The molecule has 0 atom stereocenters. The lowest BCUT2D eigenvalue weighted by Gasteiger charge is -2.33. The molecule has 25 heavy (non-hydrogen) atoms. The van der Waals surface area contributed by atoms with Crippen LogP contribution in [0.2, 0.25) is 0 Å². The van der Waals surface area contributed by atoms with Crippen molar-refractivity contribution in [2.24, 2.45) is 4.99 Å². The minimum absolute atomic E-state index is 0.128. The molecule has 0 saturated carbocycles. The first-order valence-electron chi connectivity index (χ1n) is 9.45. The zero-order valence-electron chi connectivity index (χ0n) is 16.4.